The molecule has 1 aliphatic rings. The Labute approximate surface area is 137 Å². The first-order chi connectivity index (χ1) is 10.3. The zero-order valence-electron chi connectivity index (χ0n) is 13.6. The summed E-state index contributed by atoms with van der Waals surface area (Å²) in [5.41, 5.74) is 2.20. The van der Waals surface area contributed by atoms with Gasteiger partial charge in [-0.05, 0) is 37.0 Å². The van der Waals surface area contributed by atoms with Crippen LogP contribution in [-0.2, 0) is 16.8 Å². The molecule has 22 heavy (non-hydrogen) atoms. The molecular formula is C18H24N2OS. The maximum absolute atomic E-state index is 11.5. The second-order valence-electron chi connectivity index (χ2n) is 7.45. The number of benzene rings is 1. The Morgan fingerprint density at radius 2 is 1.95 bits per heavy atom. The van der Waals surface area contributed by atoms with Crippen LogP contribution in [0.2, 0.25) is 0 Å². The van der Waals surface area contributed by atoms with E-state index in [-0.39, 0.29) is 5.41 Å². The SMILES string of the molecule is CC(C)(C)c1nc2cc(S)ccc2n1CC1CCC(=O)CC1. The summed E-state index contributed by atoms with van der Waals surface area (Å²) in [5, 5.41) is 0. The van der Waals surface area contributed by atoms with Gasteiger partial charge < -0.3 is 4.57 Å². The molecule has 0 unspecified atom stereocenters. The van der Waals surface area contributed by atoms with Crippen LogP contribution in [0.4, 0.5) is 0 Å². The molecule has 0 aliphatic heterocycles. The minimum absolute atomic E-state index is 0.000266. The third-order valence-electron chi connectivity index (χ3n) is 4.51. The lowest BCUT2D eigenvalue weighted by Gasteiger charge is -2.26. The van der Waals surface area contributed by atoms with E-state index in [1.54, 1.807) is 0 Å². The van der Waals surface area contributed by atoms with E-state index < -0.39 is 0 Å². The summed E-state index contributed by atoms with van der Waals surface area (Å²) >= 11 is 4.43. The van der Waals surface area contributed by atoms with Crippen LogP contribution in [0.5, 0.6) is 0 Å². The van der Waals surface area contributed by atoms with E-state index in [0.29, 0.717) is 11.7 Å². The zero-order chi connectivity index (χ0) is 15.9. The molecule has 0 amide bonds. The Morgan fingerprint density at radius 1 is 1.27 bits per heavy atom. The number of hydrogen-bond donors (Lipinski definition) is 1. The van der Waals surface area contributed by atoms with E-state index in [1.807, 2.05) is 12.1 Å². The molecule has 1 heterocycles. The van der Waals surface area contributed by atoms with Crippen LogP contribution in [0.15, 0.2) is 23.1 Å². The molecule has 3 rings (SSSR count). The first kappa shape index (κ1) is 15.6. The van der Waals surface area contributed by atoms with E-state index in [0.717, 1.165) is 48.5 Å². The molecule has 2 aromatic rings. The summed E-state index contributed by atoms with van der Waals surface area (Å²) in [6, 6.07) is 6.18. The summed E-state index contributed by atoms with van der Waals surface area (Å²) in [7, 11) is 0. The number of carbonyl (C=O) groups excluding carboxylic acids is 1. The van der Waals surface area contributed by atoms with E-state index in [9.17, 15) is 4.79 Å². The van der Waals surface area contributed by atoms with Crippen LogP contribution in [0.25, 0.3) is 11.0 Å². The van der Waals surface area contributed by atoms with Crippen molar-refractivity contribution in [1.82, 2.24) is 9.55 Å². The Kier molecular flexibility index (Phi) is 4.06. The van der Waals surface area contributed by atoms with Gasteiger partial charge in [0.2, 0.25) is 0 Å². The normalized spacial score (nSPS) is 17.4. The summed E-state index contributed by atoms with van der Waals surface area (Å²) in [5.74, 6) is 2.12. The molecule has 0 saturated heterocycles. The highest BCUT2D eigenvalue weighted by atomic mass is 32.1. The maximum Gasteiger partial charge on any atom is 0.132 e. The Bertz CT molecular complexity index is 702. The van der Waals surface area contributed by atoms with Gasteiger partial charge in [0.15, 0.2) is 0 Å². The lowest BCUT2D eigenvalue weighted by Crippen LogP contribution is -2.24. The molecule has 1 saturated carbocycles. The molecule has 0 N–H and O–H groups in total. The fraction of sp³-hybridized carbons (Fsp3) is 0.556. The number of fused-ring (bicyclic) bond motifs is 1. The predicted octanol–water partition coefficient (Wildman–Crippen LogP) is 4.38. The molecule has 1 aliphatic carbocycles. The quantitative estimate of drug-likeness (QED) is 0.834. The van der Waals surface area contributed by atoms with Crippen LogP contribution < -0.4 is 0 Å². The average Bonchev–Trinajstić information content (AvgIpc) is 2.79. The molecule has 1 aromatic carbocycles. The number of nitrogens with zero attached hydrogens (tertiary/aromatic N) is 2. The van der Waals surface area contributed by atoms with Crippen LogP contribution >= 0.6 is 12.6 Å². The van der Waals surface area contributed by atoms with Gasteiger partial charge >= 0.3 is 0 Å². The highest BCUT2D eigenvalue weighted by molar-refractivity contribution is 7.80. The lowest BCUT2D eigenvalue weighted by molar-refractivity contribution is -0.121. The Hall–Kier alpha value is -1.29. The van der Waals surface area contributed by atoms with Gasteiger partial charge in [-0.25, -0.2) is 4.98 Å². The van der Waals surface area contributed by atoms with Crippen molar-refractivity contribution in [2.75, 3.05) is 0 Å². The summed E-state index contributed by atoms with van der Waals surface area (Å²) in [6.45, 7) is 7.58. The number of carbonyl (C=O) groups is 1. The first-order valence-electron chi connectivity index (χ1n) is 8.06. The molecule has 4 heteroatoms. The number of Topliss-reactive ketones (excluding diaryl/α,β-unsaturated/α-hetero) is 1. The molecule has 1 fully saturated rings. The molecule has 0 bridgehead atoms. The highest BCUT2D eigenvalue weighted by Crippen LogP contribution is 2.31. The van der Waals surface area contributed by atoms with Gasteiger partial charge in [-0.2, -0.15) is 0 Å². The van der Waals surface area contributed by atoms with Gasteiger partial charge in [-0.15, -0.1) is 12.6 Å². The van der Waals surface area contributed by atoms with E-state index >= 15 is 0 Å². The average molecular weight is 316 g/mol. The Morgan fingerprint density at radius 3 is 2.59 bits per heavy atom. The smallest absolute Gasteiger partial charge is 0.132 e. The van der Waals surface area contributed by atoms with Crippen molar-refractivity contribution in [2.45, 2.75) is 63.3 Å². The van der Waals surface area contributed by atoms with Gasteiger partial charge in [-0.3, -0.25) is 4.79 Å². The molecule has 0 atom stereocenters. The largest absolute Gasteiger partial charge is 0.327 e. The molecule has 118 valence electrons. The van der Waals surface area contributed by atoms with Gasteiger partial charge in [0.25, 0.3) is 0 Å². The Balaban J connectivity index is 2.00. The first-order valence-corrected chi connectivity index (χ1v) is 8.51. The van der Waals surface area contributed by atoms with Crippen molar-refractivity contribution in [1.29, 1.82) is 0 Å². The van der Waals surface area contributed by atoms with Gasteiger partial charge in [0.1, 0.15) is 11.6 Å². The second kappa shape index (κ2) is 5.73. The number of hydrogen-bond acceptors (Lipinski definition) is 3. The van der Waals surface area contributed by atoms with Gasteiger partial charge in [0.05, 0.1) is 11.0 Å². The van der Waals surface area contributed by atoms with Crippen molar-refractivity contribution < 1.29 is 4.79 Å². The summed E-state index contributed by atoms with van der Waals surface area (Å²) < 4.78 is 2.36. The second-order valence-corrected chi connectivity index (χ2v) is 7.97. The molecular weight excluding hydrogens is 292 g/mol. The topological polar surface area (TPSA) is 34.9 Å². The van der Waals surface area contributed by atoms with Gasteiger partial charge in [-0.1, -0.05) is 20.8 Å². The van der Waals surface area contributed by atoms with E-state index in [1.165, 1.54) is 5.52 Å². The standard InChI is InChI=1S/C18H24N2OS/c1-18(2,3)17-19-15-10-14(22)8-9-16(15)20(17)11-12-4-6-13(21)7-5-12/h8-10,12,22H,4-7,11H2,1-3H3. The van der Waals surface area contributed by atoms with Crippen LogP contribution in [0.1, 0.15) is 52.3 Å². The van der Waals surface area contributed by atoms with Crippen LogP contribution in [0, 0.1) is 5.92 Å². The third kappa shape index (κ3) is 3.07. The number of thiol groups is 1. The molecule has 3 nitrogen and oxygen atoms in total. The van der Waals surface area contributed by atoms with Crippen molar-refractivity contribution in [3.63, 3.8) is 0 Å². The maximum atomic E-state index is 11.5. The molecule has 1 aromatic heterocycles. The van der Waals surface area contributed by atoms with Crippen molar-refractivity contribution >= 4 is 29.4 Å². The van der Waals surface area contributed by atoms with E-state index in [4.69, 9.17) is 4.98 Å². The summed E-state index contributed by atoms with van der Waals surface area (Å²) in [4.78, 5) is 17.3. The lowest BCUT2D eigenvalue weighted by atomic mass is 9.88. The number of ketones is 1. The van der Waals surface area contributed by atoms with Crippen molar-refractivity contribution in [3.8, 4) is 0 Å². The summed E-state index contributed by atoms with van der Waals surface area (Å²) in [6.07, 6.45) is 3.49. The van der Waals surface area contributed by atoms with Crippen molar-refractivity contribution in [3.05, 3.63) is 24.0 Å². The molecule has 0 radical (unpaired) electrons. The molecule has 0 spiro atoms. The monoisotopic (exact) mass is 316 g/mol. The number of rotatable bonds is 2. The van der Waals surface area contributed by atoms with E-state index in [2.05, 4.69) is 44.0 Å². The minimum atomic E-state index is 0.000266. The van der Waals surface area contributed by atoms with Crippen LogP contribution in [-0.4, -0.2) is 15.3 Å². The third-order valence-corrected chi connectivity index (χ3v) is 4.78. The highest BCUT2D eigenvalue weighted by Gasteiger charge is 2.26. The van der Waals surface area contributed by atoms with Gasteiger partial charge in [0, 0.05) is 29.7 Å². The fourth-order valence-electron chi connectivity index (χ4n) is 3.32. The zero-order valence-corrected chi connectivity index (χ0v) is 14.5. The minimum Gasteiger partial charge on any atom is -0.327 e. The predicted molar refractivity (Wildman–Crippen MR) is 92.7 cm³/mol. The van der Waals surface area contributed by atoms with Crippen molar-refractivity contribution in [2.24, 2.45) is 5.92 Å². The number of aromatic nitrogens is 2. The number of imidazole rings is 1. The van der Waals surface area contributed by atoms with Crippen LogP contribution in [0.3, 0.4) is 0 Å². The fourth-order valence-corrected chi connectivity index (χ4v) is 3.51.